The van der Waals surface area contributed by atoms with Gasteiger partial charge in [-0.25, -0.2) is 0 Å². The van der Waals surface area contributed by atoms with Crippen LogP contribution in [0.1, 0.15) is 57.4 Å². The fraction of sp³-hybridized carbons (Fsp3) is 0.500. The zero-order valence-corrected chi connectivity index (χ0v) is 12.4. The molecular formula is C16H23Br. The molecule has 17 heavy (non-hydrogen) atoms. The summed E-state index contributed by atoms with van der Waals surface area (Å²) in [6.45, 7) is 2.26. The van der Waals surface area contributed by atoms with Crippen LogP contribution < -0.4 is 0 Å². The standard InChI is InChI=1S/C16H23Br/c1-2-3-4-5-6-7-8-9-12-15-13-10-11-14-16(15)17/h9-14H,2-8H2,1H3. The van der Waals surface area contributed by atoms with Crippen molar-refractivity contribution >= 4 is 22.0 Å². The fourth-order valence-corrected chi connectivity index (χ4v) is 2.28. The Morgan fingerprint density at radius 1 is 1.00 bits per heavy atom. The van der Waals surface area contributed by atoms with Crippen LogP contribution >= 0.6 is 15.9 Å². The lowest BCUT2D eigenvalue weighted by molar-refractivity contribution is 0.611. The second-order valence-electron chi connectivity index (χ2n) is 4.48. The van der Waals surface area contributed by atoms with Gasteiger partial charge < -0.3 is 0 Å². The third-order valence-electron chi connectivity index (χ3n) is 2.93. The second-order valence-corrected chi connectivity index (χ2v) is 5.33. The summed E-state index contributed by atoms with van der Waals surface area (Å²) in [7, 11) is 0. The van der Waals surface area contributed by atoms with E-state index in [4.69, 9.17) is 0 Å². The molecule has 0 fully saturated rings. The lowest BCUT2D eigenvalue weighted by Gasteiger charge is -1.99. The van der Waals surface area contributed by atoms with Crippen LogP contribution in [0, 0.1) is 0 Å². The number of allylic oxidation sites excluding steroid dienone is 1. The summed E-state index contributed by atoms with van der Waals surface area (Å²) in [4.78, 5) is 0. The Bertz CT molecular complexity index is 328. The molecule has 0 atom stereocenters. The molecule has 0 spiro atoms. The first-order valence-corrected chi connectivity index (χ1v) is 7.55. The van der Waals surface area contributed by atoms with Crippen molar-refractivity contribution in [2.75, 3.05) is 0 Å². The van der Waals surface area contributed by atoms with E-state index in [1.54, 1.807) is 0 Å². The van der Waals surface area contributed by atoms with Crippen LogP contribution in [-0.2, 0) is 0 Å². The van der Waals surface area contributed by atoms with Crippen molar-refractivity contribution in [3.05, 3.63) is 40.4 Å². The Labute approximate surface area is 114 Å². The van der Waals surface area contributed by atoms with E-state index < -0.39 is 0 Å². The predicted octanol–water partition coefficient (Wildman–Crippen LogP) is 6.21. The van der Waals surface area contributed by atoms with E-state index in [0.29, 0.717) is 0 Å². The van der Waals surface area contributed by atoms with E-state index >= 15 is 0 Å². The van der Waals surface area contributed by atoms with Crippen LogP contribution in [-0.4, -0.2) is 0 Å². The van der Waals surface area contributed by atoms with Crippen molar-refractivity contribution in [3.63, 3.8) is 0 Å². The van der Waals surface area contributed by atoms with E-state index in [1.807, 2.05) is 0 Å². The summed E-state index contributed by atoms with van der Waals surface area (Å²) in [5.41, 5.74) is 1.28. The van der Waals surface area contributed by atoms with Crippen molar-refractivity contribution in [3.8, 4) is 0 Å². The third-order valence-corrected chi connectivity index (χ3v) is 3.65. The first kappa shape index (κ1) is 14.5. The molecule has 0 radical (unpaired) electrons. The molecule has 1 aromatic carbocycles. The van der Waals surface area contributed by atoms with Crippen molar-refractivity contribution in [1.29, 1.82) is 0 Å². The zero-order chi connectivity index (χ0) is 12.3. The number of rotatable bonds is 8. The molecule has 94 valence electrons. The minimum absolute atomic E-state index is 1.18. The summed E-state index contributed by atoms with van der Waals surface area (Å²) < 4.78 is 1.18. The lowest BCUT2D eigenvalue weighted by atomic mass is 10.1. The molecule has 0 aliphatic carbocycles. The van der Waals surface area contributed by atoms with Gasteiger partial charge in [0.25, 0.3) is 0 Å². The van der Waals surface area contributed by atoms with Gasteiger partial charge in [0.15, 0.2) is 0 Å². The van der Waals surface area contributed by atoms with E-state index in [0.717, 1.165) is 0 Å². The van der Waals surface area contributed by atoms with Gasteiger partial charge in [0.1, 0.15) is 0 Å². The molecule has 0 bridgehead atoms. The van der Waals surface area contributed by atoms with Gasteiger partial charge in [0.05, 0.1) is 0 Å². The average Bonchev–Trinajstić information content (AvgIpc) is 2.35. The number of halogens is 1. The maximum atomic E-state index is 3.56. The number of hydrogen-bond donors (Lipinski definition) is 0. The van der Waals surface area contributed by atoms with Gasteiger partial charge in [-0.15, -0.1) is 0 Å². The van der Waals surface area contributed by atoms with Gasteiger partial charge >= 0.3 is 0 Å². The molecule has 0 saturated carbocycles. The molecule has 0 amide bonds. The average molecular weight is 295 g/mol. The number of hydrogen-bond acceptors (Lipinski definition) is 0. The first-order chi connectivity index (χ1) is 8.34. The van der Waals surface area contributed by atoms with Gasteiger partial charge in [-0.3, -0.25) is 0 Å². The van der Waals surface area contributed by atoms with Gasteiger partial charge in [0, 0.05) is 4.47 Å². The molecule has 0 aliphatic heterocycles. The maximum Gasteiger partial charge on any atom is 0.0247 e. The van der Waals surface area contributed by atoms with E-state index in [9.17, 15) is 0 Å². The van der Waals surface area contributed by atoms with Crippen LogP contribution in [0.25, 0.3) is 6.08 Å². The summed E-state index contributed by atoms with van der Waals surface area (Å²) >= 11 is 3.56. The van der Waals surface area contributed by atoms with Crippen LogP contribution in [0.4, 0.5) is 0 Å². The Kier molecular flexibility index (Phi) is 8.08. The maximum absolute atomic E-state index is 3.56. The highest BCUT2D eigenvalue weighted by atomic mass is 79.9. The van der Waals surface area contributed by atoms with Gasteiger partial charge in [-0.05, 0) is 24.5 Å². The molecule has 0 nitrogen and oxygen atoms in total. The highest BCUT2D eigenvalue weighted by Crippen LogP contribution is 2.17. The van der Waals surface area contributed by atoms with Gasteiger partial charge in [-0.1, -0.05) is 85.3 Å². The minimum Gasteiger partial charge on any atom is -0.0839 e. The Hall–Kier alpha value is -0.560. The van der Waals surface area contributed by atoms with Crippen LogP contribution in [0.15, 0.2) is 34.8 Å². The number of benzene rings is 1. The molecule has 0 heterocycles. The summed E-state index contributed by atoms with van der Waals surface area (Å²) in [6, 6.07) is 8.36. The van der Waals surface area contributed by atoms with Crippen molar-refractivity contribution in [2.45, 2.75) is 51.9 Å². The molecule has 0 aliphatic rings. The molecule has 0 unspecified atom stereocenters. The van der Waals surface area contributed by atoms with Crippen LogP contribution in [0.5, 0.6) is 0 Å². The van der Waals surface area contributed by atoms with Gasteiger partial charge in [0.2, 0.25) is 0 Å². The summed E-state index contributed by atoms with van der Waals surface area (Å²) in [5, 5.41) is 0. The van der Waals surface area contributed by atoms with E-state index in [1.165, 1.54) is 55.0 Å². The summed E-state index contributed by atoms with van der Waals surface area (Å²) in [5.74, 6) is 0. The molecule has 0 saturated heterocycles. The van der Waals surface area contributed by atoms with Crippen molar-refractivity contribution < 1.29 is 0 Å². The monoisotopic (exact) mass is 294 g/mol. The second kappa shape index (κ2) is 9.47. The van der Waals surface area contributed by atoms with E-state index in [-0.39, 0.29) is 0 Å². The molecule has 0 aromatic heterocycles. The smallest absolute Gasteiger partial charge is 0.0247 e. The fourth-order valence-electron chi connectivity index (χ4n) is 1.86. The highest BCUT2D eigenvalue weighted by molar-refractivity contribution is 9.10. The lowest BCUT2D eigenvalue weighted by Crippen LogP contribution is -1.78. The Morgan fingerprint density at radius 3 is 2.47 bits per heavy atom. The Morgan fingerprint density at radius 2 is 1.71 bits per heavy atom. The quantitative estimate of drug-likeness (QED) is 0.500. The zero-order valence-electron chi connectivity index (χ0n) is 10.8. The summed E-state index contributed by atoms with van der Waals surface area (Å²) in [6.07, 6.45) is 13.9. The highest BCUT2D eigenvalue weighted by Gasteiger charge is 1.92. The number of unbranched alkanes of at least 4 members (excludes halogenated alkanes) is 6. The Balaban J connectivity index is 2.12. The van der Waals surface area contributed by atoms with Crippen LogP contribution in [0.2, 0.25) is 0 Å². The molecular weight excluding hydrogens is 272 g/mol. The predicted molar refractivity (Wildman–Crippen MR) is 81.2 cm³/mol. The largest absolute Gasteiger partial charge is 0.0839 e. The van der Waals surface area contributed by atoms with E-state index in [2.05, 4.69) is 59.3 Å². The molecule has 1 rings (SSSR count). The molecule has 1 heteroatoms. The van der Waals surface area contributed by atoms with Crippen LogP contribution in [0.3, 0.4) is 0 Å². The van der Waals surface area contributed by atoms with Crippen molar-refractivity contribution in [2.24, 2.45) is 0 Å². The topological polar surface area (TPSA) is 0 Å². The minimum atomic E-state index is 1.18. The normalized spacial score (nSPS) is 11.2. The third kappa shape index (κ3) is 6.68. The molecule has 1 aromatic rings. The van der Waals surface area contributed by atoms with Crippen molar-refractivity contribution in [1.82, 2.24) is 0 Å². The first-order valence-electron chi connectivity index (χ1n) is 6.75. The SMILES string of the molecule is CCCCCCCCC=Cc1ccccc1Br. The molecule has 0 N–H and O–H groups in total. The van der Waals surface area contributed by atoms with Gasteiger partial charge in [-0.2, -0.15) is 0 Å².